The van der Waals surface area contributed by atoms with Crippen LogP contribution in [0.25, 0.3) is 11.1 Å². The second-order valence-electron chi connectivity index (χ2n) is 5.98. The van der Waals surface area contributed by atoms with Gasteiger partial charge in [-0.25, -0.2) is 4.39 Å². The first-order valence-corrected chi connectivity index (χ1v) is 8.23. The Morgan fingerprint density at radius 2 is 1.80 bits per heavy atom. The summed E-state index contributed by atoms with van der Waals surface area (Å²) >= 11 is 0. The molecule has 3 aromatic rings. The van der Waals surface area contributed by atoms with Crippen molar-refractivity contribution in [2.24, 2.45) is 0 Å². The lowest BCUT2D eigenvalue weighted by Gasteiger charge is -2.21. The van der Waals surface area contributed by atoms with Crippen LogP contribution in [-0.2, 0) is 0 Å². The standard InChI is InChI=1S/C21H20FNO2/c1-15(24)13-21(17-5-4-12-23-14-17)25-18-10-8-16(9-11-18)19-6-2-3-7-20(19)22/h2-12,14-15,21,24H,13H2,1H3. The molecule has 0 aliphatic rings. The monoisotopic (exact) mass is 337 g/mol. The van der Waals surface area contributed by atoms with Crippen molar-refractivity contribution in [3.63, 3.8) is 0 Å². The third kappa shape index (κ3) is 4.43. The molecule has 1 N–H and O–H groups in total. The van der Waals surface area contributed by atoms with E-state index in [9.17, 15) is 9.50 Å². The number of hydrogen-bond acceptors (Lipinski definition) is 3. The van der Waals surface area contributed by atoms with E-state index >= 15 is 0 Å². The van der Waals surface area contributed by atoms with Crippen LogP contribution in [0.1, 0.15) is 25.0 Å². The number of ether oxygens (including phenoxy) is 1. The summed E-state index contributed by atoms with van der Waals surface area (Å²) in [4.78, 5) is 4.11. The van der Waals surface area contributed by atoms with Gasteiger partial charge in [0.15, 0.2) is 0 Å². The first-order chi connectivity index (χ1) is 12.1. The molecule has 0 spiro atoms. The fourth-order valence-corrected chi connectivity index (χ4v) is 2.70. The smallest absolute Gasteiger partial charge is 0.131 e. The molecule has 0 fully saturated rings. The molecular formula is C21H20FNO2. The average Bonchev–Trinajstić information content (AvgIpc) is 2.63. The number of pyridine rings is 1. The minimum absolute atomic E-state index is 0.251. The van der Waals surface area contributed by atoms with Gasteiger partial charge in [-0.1, -0.05) is 36.4 Å². The van der Waals surface area contributed by atoms with Crippen LogP contribution in [0.2, 0.25) is 0 Å². The van der Waals surface area contributed by atoms with Crippen LogP contribution in [0.15, 0.2) is 73.1 Å². The number of benzene rings is 2. The van der Waals surface area contributed by atoms with E-state index in [0.29, 0.717) is 17.7 Å². The van der Waals surface area contributed by atoms with E-state index in [1.807, 2.05) is 42.5 Å². The van der Waals surface area contributed by atoms with Gasteiger partial charge in [0.25, 0.3) is 0 Å². The highest BCUT2D eigenvalue weighted by Gasteiger charge is 2.16. The molecule has 2 aromatic carbocycles. The van der Waals surface area contributed by atoms with E-state index in [0.717, 1.165) is 11.1 Å². The Bertz CT molecular complexity index is 804. The Balaban J connectivity index is 1.80. The van der Waals surface area contributed by atoms with Crippen molar-refractivity contribution < 1.29 is 14.2 Å². The maximum atomic E-state index is 13.9. The van der Waals surface area contributed by atoms with Crippen LogP contribution < -0.4 is 4.74 Å². The van der Waals surface area contributed by atoms with Crippen LogP contribution >= 0.6 is 0 Å². The third-order valence-electron chi connectivity index (χ3n) is 3.93. The van der Waals surface area contributed by atoms with Gasteiger partial charge in [0.1, 0.15) is 17.7 Å². The van der Waals surface area contributed by atoms with Crippen LogP contribution in [0.3, 0.4) is 0 Å². The van der Waals surface area contributed by atoms with E-state index in [1.54, 1.807) is 31.5 Å². The predicted octanol–water partition coefficient (Wildman–Crippen LogP) is 4.78. The van der Waals surface area contributed by atoms with Gasteiger partial charge in [-0.3, -0.25) is 4.98 Å². The number of rotatable bonds is 6. The van der Waals surface area contributed by atoms with Gasteiger partial charge in [0.2, 0.25) is 0 Å². The van der Waals surface area contributed by atoms with Gasteiger partial charge >= 0.3 is 0 Å². The van der Waals surface area contributed by atoms with Crippen molar-refractivity contribution >= 4 is 0 Å². The maximum absolute atomic E-state index is 13.9. The van der Waals surface area contributed by atoms with Crippen molar-refractivity contribution in [1.82, 2.24) is 4.98 Å². The molecule has 0 bridgehead atoms. The fraction of sp³-hybridized carbons (Fsp3) is 0.190. The number of nitrogens with zero attached hydrogens (tertiary/aromatic N) is 1. The Kier molecular flexibility index (Phi) is 5.41. The zero-order valence-electron chi connectivity index (χ0n) is 14.0. The third-order valence-corrected chi connectivity index (χ3v) is 3.93. The van der Waals surface area contributed by atoms with Gasteiger partial charge in [0, 0.05) is 29.9 Å². The summed E-state index contributed by atoms with van der Waals surface area (Å²) in [5.74, 6) is 0.410. The number of halogens is 1. The number of aliphatic hydroxyl groups is 1. The lowest BCUT2D eigenvalue weighted by molar-refractivity contribution is 0.106. The maximum Gasteiger partial charge on any atom is 0.131 e. The first kappa shape index (κ1) is 17.1. The molecule has 2 atom stereocenters. The van der Waals surface area contributed by atoms with Crippen LogP contribution in [0.4, 0.5) is 4.39 Å². The molecule has 25 heavy (non-hydrogen) atoms. The van der Waals surface area contributed by atoms with Crippen molar-refractivity contribution in [3.05, 3.63) is 84.4 Å². The summed E-state index contributed by atoms with van der Waals surface area (Å²) in [5, 5.41) is 9.74. The van der Waals surface area contributed by atoms with Crippen molar-refractivity contribution in [2.45, 2.75) is 25.6 Å². The molecule has 0 radical (unpaired) electrons. The Morgan fingerprint density at radius 3 is 2.44 bits per heavy atom. The zero-order valence-corrected chi connectivity index (χ0v) is 14.0. The molecule has 0 saturated carbocycles. The van der Waals surface area contributed by atoms with E-state index < -0.39 is 6.10 Å². The summed E-state index contributed by atoms with van der Waals surface area (Å²) in [6, 6.07) is 17.7. The minimum Gasteiger partial charge on any atom is -0.486 e. The van der Waals surface area contributed by atoms with E-state index in [-0.39, 0.29) is 11.9 Å². The number of hydrogen-bond donors (Lipinski definition) is 1. The van der Waals surface area contributed by atoms with Crippen LogP contribution in [0, 0.1) is 5.82 Å². The normalized spacial score (nSPS) is 13.2. The molecule has 2 unspecified atom stereocenters. The predicted molar refractivity (Wildman–Crippen MR) is 95.7 cm³/mol. The fourth-order valence-electron chi connectivity index (χ4n) is 2.70. The van der Waals surface area contributed by atoms with Crippen LogP contribution in [-0.4, -0.2) is 16.2 Å². The second-order valence-corrected chi connectivity index (χ2v) is 5.98. The summed E-state index contributed by atoms with van der Waals surface area (Å²) in [6.45, 7) is 1.73. The lowest BCUT2D eigenvalue weighted by Crippen LogP contribution is -2.14. The quantitative estimate of drug-likeness (QED) is 0.704. The summed E-state index contributed by atoms with van der Waals surface area (Å²) in [5.41, 5.74) is 2.25. The largest absolute Gasteiger partial charge is 0.486 e. The highest BCUT2D eigenvalue weighted by Crippen LogP contribution is 2.29. The Hall–Kier alpha value is -2.72. The zero-order chi connectivity index (χ0) is 17.6. The van der Waals surface area contributed by atoms with Gasteiger partial charge in [-0.2, -0.15) is 0 Å². The number of aliphatic hydroxyl groups excluding tert-OH is 1. The Labute approximate surface area is 146 Å². The molecule has 0 aliphatic heterocycles. The molecule has 0 amide bonds. The van der Waals surface area contributed by atoms with Crippen molar-refractivity contribution in [1.29, 1.82) is 0 Å². The topological polar surface area (TPSA) is 42.4 Å². The molecule has 3 rings (SSSR count). The first-order valence-electron chi connectivity index (χ1n) is 8.23. The van der Waals surface area contributed by atoms with Gasteiger partial charge < -0.3 is 9.84 Å². The second kappa shape index (κ2) is 7.90. The Morgan fingerprint density at radius 1 is 1.04 bits per heavy atom. The summed E-state index contributed by atoms with van der Waals surface area (Å²) in [6.07, 6.45) is 3.10. The molecule has 0 aliphatic carbocycles. The number of aromatic nitrogens is 1. The highest BCUT2D eigenvalue weighted by atomic mass is 19.1. The molecule has 1 heterocycles. The lowest BCUT2D eigenvalue weighted by atomic mass is 10.0. The molecule has 1 aromatic heterocycles. The van der Waals surface area contributed by atoms with E-state index in [4.69, 9.17) is 4.74 Å². The minimum atomic E-state index is -0.497. The molecule has 3 nitrogen and oxygen atoms in total. The van der Waals surface area contributed by atoms with E-state index in [2.05, 4.69) is 4.98 Å². The van der Waals surface area contributed by atoms with Gasteiger partial charge in [-0.15, -0.1) is 0 Å². The summed E-state index contributed by atoms with van der Waals surface area (Å²) in [7, 11) is 0. The van der Waals surface area contributed by atoms with Gasteiger partial charge in [0.05, 0.1) is 6.10 Å². The van der Waals surface area contributed by atoms with Crippen molar-refractivity contribution in [3.8, 4) is 16.9 Å². The van der Waals surface area contributed by atoms with Crippen LogP contribution in [0.5, 0.6) is 5.75 Å². The van der Waals surface area contributed by atoms with Crippen molar-refractivity contribution in [2.75, 3.05) is 0 Å². The van der Waals surface area contributed by atoms with Gasteiger partial charge in [-0.05, 0) is 36.8 Å². The molecule has 128 valence electrons. The highest BCUT2D eigenvalue weighted by molar-refractivity contribution is 5.64. The SMILES string of the molecule is CC(O)CC(Oc1ccc(-c2ccccc2F)cc1)c1cccnc1. The molecule has 0 saturated heterocycles. The molecule has 4 heteroatoms. The summed E-state index contributed by atoms with van der Waals surface area (Å²) < 4.78 is 19.9. The average molecular weight is 337 g/mol. The van der Waals surface area contributed by atoms with E-state index in [1.165, 1.54) is 6.07 Å². The molecular weight excluding hydrogens is 317 g/mol.